The number of methoxy groups -OCH3 is 1. The van der Waals surface area contributed by atoms with Crippen molar-refractivity contribution in [2.75, 3.05) is 62.9 Å². The SMILES string of the molecule is CCc1c(C#N)c(SCc2ccc(N(C)S(C)=O)cc2)nc(N(C)CCNCCOC)c1C#N. The van der Waals surface area contributed by atoms with Gasteiger partial charge in [0.15, 0.2) is 0 Å². The van der Waals surface area contributed by atoms with Crippen LogP contribution in [0.1, 0.15) is 29.2 Å². The maximum Gasteiger partial charge on any atom is 0.148 e. The average molecular weight is 501 g/mol. The third kappa shape index (κ3) is 7.18. The number of rotatable bonds is 13. The highest BCUT2D eigenvalue weighted by Crippen LogP contribution is 2.33. The molecule has 0 aliphatic heterocycles. The van der Waals surface area contributed by atoms with Gasteiger partial charge in [0.1, 0.15) is 34.0 Å². The van der Waals surface area contributed by atoms with Gasteiger partial charge in [-0.1, -0.05) is 19.1 Å². The first-order valence-corrected chi connectivity index (χ1v) is 13.4. The Kier molecular flexibility index (Phi) is 11.3. The van der Waals surface area contributed by atoms with Crippen LogP contribution in [-0.2, 0) is 27.9 Å². The number of benzene rings is 1. The molecule has 0 bridgehead atoms. The van der Waals surface area contributed by atoms with Crippen LogP contribution in [0.5, 0.6) is 0 Å². The van der Waals surface area contributed by atoms with E-state index in [0.717, 1.165) is 29.9 Å². The number of nitrogens with zero attached hydrogens (tertiary/aromatic N) is 5. The van der Waals surface area contributed by atoms with Crippen molar-refractivity contribution in [1.29, 1.82) is 10.5 Å². The molecule has 0 spiro atoms. The van der Waals surface area contributed by atoms with Gasteiger partial charge in [-0.3, -0.25) is 4.31 Å². The lowest BCUT2D eigenvalue weighted by Gasteiger charge is -2.22. The van der Waals surface area contributed by atoms with Crippen LogP contribution in [0.4, 0.5) is 11.5 Å². The molecule has 1 aromatic carbocycles. The van der Waals surface area contributed by atoms with Crippen molar-refractivity contribution >= 4 is 34.3 Å². The minimum Gasteiger partial charge on any atom is -0.383 e. The second-order valence-corrected chi connectivity index (χ2v) is 9.95. The fourth-order valence-electron chi connectivity index (χ4n) is 3.32. The van der Waals surface area contributed by atoms with Crippen molar-refractivity contribution in [3.8, 4) is 12.1 Å². The Balaban J connectivity index is 2.27. The standard InChI is InChI=1S/C24H32N6O2S2/c1-6-20-21(15-25)23(29(2)13-11-27-12-14-32-4)28-24(22(20)16-26)33-17-18-7-9-19(10-8-18)30(3)34(5)31/h7-10,27H,6,11-14,17H2,1-5H3. The fraction of sp³-hybridized carbons (Fsp3) is 0.458. The number of ether oxygens (including phenoxy) is 1. The van der Waals surface area contributed by atoms with Crippen LogP contribution in [-0.4, -0.2) is 62.9 Å². The summed E-state index contributed by atoms with van der Waals surface area (Å²) in [7, 11) is 4.28. The molecule has 0 saturated heterocycles. The van der Waals surface area contributed by atoms with Gasteiger partial charge in [-0.05, 0) is 29.7 Å². The van der Waals surface area contributed by atoms with Crippen molar-refractivity contribution in [1.82, 2.24) is 10.3 Å². The molecule has 10 heteroatoms. The summed E-state index contributed by atoms with van der Waals surface area (Å²) in [4.78, 5) is 6.72. The smallest absolute Gasteiger partial charge is 0.148 e. The van der Waals surface area contributed by atoms with E-state index in [-0.39, 0.29) is 0 Å². The Morgan fingerprint density at radius 3 is 2.38 bits per heavy atom. The fourth-order valence-corrected chi connectivity index (χ4v) is 4.70. The first kappa shape index (κ1) is 27.6. The first-order valence-electron chi connectivity index (χ1n) is 10.9. The van der Waals surface area contributed by atoms with Gasteiger partial charge in [0.2, 0.25) is 0 Å². The number of hydrogen-bond acceptors (Lipinski definition) is 8. The molecular weight excluding hydrogens is 468 g/mol. The van der Waals surface area contributed by atoms with Crippen molar-refractivity contribution in [3.63, 3.8) is 0 Å². The van der Waals surface area contributed by atoms with Gasteiger partial charge in [-0.2, -0.15) is 10.5 Å². The minimum absolute atomic E-state index is 0.461. The molecule has 2 aromatic rings. The molecule has 0 aliphatic rings. The number of thioether (sulfide) groups is 1. The zero-order valence-electron chi connectivity index (χ0n) is 20.4. The van der Waals surface area contributed by atoms with Gasteiger partial charge in [-0.15, -0.1) is 11.8 Å². The Bertz CT molecular complexity index is 1060. The molecule has 34 heavy (non-hydrogen) atoms. The first-order chi connectivity index (χ1) is 16.4. The predicted molar refractivity (Wildman–Crippen MR) is 140 cm³/mol. The average Bonchev–Trinajstić information content (AvgIpc) is 2.85. The van der Waals surface area contributed by atoms with E-state index in [1.54, 1.807) is 24.7 Å². The molecule has 8 nitrogen and oxygen atoms in total. The second-order valence-electron chi connectivity index (χ2n) is 7.59. The molecule has 0 saturated carbocycles. The van der Waals surface area contributed by atoms with Crippen LogP contribution in [0.2, 0.25) is 0 Å². The molecule has 2 rings (SSSR count). The summed E-state index contributed by atoms with van der Waals surface area (Å²) in [5, 5.41) is 23.7. The molecule has 0 amide bonds. The third-order valence-electron chi connectivity index (χ3n) is 5.36. The molecule has 1 atom stereocenters. The summed E-state index contributed by atoms with van der Waals surface area (Å²) in [6.45, 7) is 4.73. The summed E-state index contributed by atoms with van der Waals surface area (Å²) in [5.74, 6) is 1.22. The van der Waals surface area contributed by atoms with Gasteiger partial charge in [0.05, 0.1) is 17.7 Å². The van der Waals surface area contributed by atoms with Crippen LogP contribution < -0.4 is 14.5 Å². The third-order valence-corrected chi connectivity index (χ3v) is 7.38. The highest BCUT2D eigenvalue weighted by molar-refractivity contribution is 7.98. The summed E-state index contributed by atoms with van der Waals surface area (Å²) < 4.78 is 18.4. The molecule has 0 fully saturated rings. The van der Waals surface area contributed by atoms with Crippen molar-refractivity contribution in [2.24, 2.45) is 0 Å². The molecule has 1 N–H and O–H groups in total. The highest BCUT2D eigenvalue weighted by Gasteiger charge is 2.21. The summed E-state index contributed by atoms with van der Waals surface area (Å²) in [5.41, 5.74) is 3.61. The highest BCUT2D eigenvalue weighted by atomic mass is 32.2. The number of nitrogens with one attached hydrogen (secondary N) is 1. The van der Waals surface area contributed by atoms with Gasteiger partial charge >= 0.3 is 0 Å². The van der Waals surface area contributed by atoms with Gasteiger partial charge in [-0.25, -0.2) is 9.19 Å². The Hall–Kier alpha value is -2.63. The number of anilines is 2. The Labute approximate surface area is 209 Å². The lowest BCUT2D eigenvalue weighted by Crippen LogP contribution is -2.32. The van der Waals surface area contributed by atoms with E-state index >= 15 is 0 Å². The zero-order chi connectivity index (χ0) is 25.1. The number of nitriles is 2. The number of likely N-dealkylation sites (N-methyl/N-ethyl adjacent to an activating group) is 1. The summed E-state index contributed by atoms with van der Waals surface area (Å²) >= 11 is 1.49. The molecule has 0 radical (unpaired) electrons. The van der Waals surface area contributed by atoms with Crippen LogP contribution in [0.25, 0.3) is 0 Å². The minimum atomic E-state index is -1.08. The van der Waals surface area contributed by atoms with E-state index in [0.29, 0.717) is 47.3 Å². The van der Waals surface area contributed by atoms with E-state index in [1.165, 1.54) is 11.8 Å². The van der Waals surface area contributed by atoms with Crippen LogP contribution in [0, 0.1) is 22.7 Å². The molecule has 1 heterocycles. The lowest BCUT2D eigenvalue weighted by molar-refractivity contribution is 0.200. The van der Waals surface area contributed by atoms with Crippen molar-refractivity contribution in [3.05, 3.63) is 46.5 Å². The maximum absolute atomic E-state index is 11.7. The number of aromatic nitrogens is 1. The van der Waals surface area contributed by atoms with E-state index in [4.69, 9.17) is 9.72 Å². The lowest BCUT2D eigenvalue weighted by atomic mass is 10.0. The van der Waals surface area contributed by atoms with Gasteiger partial charge in [0.25, 0.3) is 0 Å². The topological polar surface area (TPSA) is 105 Å². The van der Waals surface area contributed by atoms with E-state index < -0.39 is 11.0 Å². The van der Waals surface area contributed by atoms with E-state index in [1.807, 2.05) is 43.1 Å². The molecule has 0 aliphatic carbocycles. The van der Waals surface area contributed by atoms with E-state index in [9.17, 15) is 14.7 Å². The Morgan fingerprint density at radius 1 is 1.15 bits per heavy atom. The largest absolute Gasteiger partial charge is 0.383 e. The summed E-state index contributed by atoms with van der Waals surface area (Å²) in [6, 6.07) is 12.4. The second kappa shape index (κ2) is 13.9. The van der Waals surface area contributed by atoms with Crippen LogP contribution in [0.3, 0.4) is 0 Å². The molecular formula is C24H32N6O2S2. The predicted octanol–water partition coefficient (Wildman–Crippen LogP) is 3.08. The van der Waals surface area contributed by atoms with Gasteiger partial charge in [0, 0.05) is 58.5 Å². The molecule has 1 unspecified atom stereocenters. The van der Waals surface area contributed by atoms with Crippen LogP contribution >= 0.6 is 11.8 Å². The monoisotopic (exact) mass is 500 g/mol. The maximum atomic E-state index is 11.7. The molecule has 182 valence electrons. The van der Waals surface area contributed by atoms with E-state index in [2.05, 4.69) is 17.5 Å². The van der Waals surface area contributed by atoms with Crippen LogP contribution in [0.15, 0.2) is 29.3 Å². The normalized spacial score (nSPS) is 11.5. The number of pyridine rings is 1. The van der Waals surface area contributed by atoms with Gasteiger partial charge < -0.3 is 15.0 Å². The number of hydrogen-bond donors (Lipinski definition) is 1. The molecule has 1 aromatic heterocycles. The quantitative estimate of drug-likeness (QED) is 0.330. The summed E-state index contributed by atoms with van der Waals surface area (Å²) in [6.07, 6.45) is 2.21. The zero-order valence-corrected chi connectivity index (χ0v) is 22.1. The van der Waals surface area contributed by atoms with Crippen molar-refractivity contribution < 1.29 is 8.95 Å². The van der Waals surface area contributed by atoms with Crippen molar-refractivity contribution in [2.45, 2.75) is 24.1 Å². The Morgan fingerprint density at radius 2 is 1.82 bits per heavy atom.